The van der Waals surface area contributed by atoms with Crippen LogP contribution in [0.2, 0.25) is 10.0 Å². The molecule has 0 spiro atoms. The number of carbonyl (C=O) groups excluding carboxylic acids is 1. The molecule has 7 heteroatoms. The second kappa shape index (κ2) is 6.54. The predicted molar refractivity (Wildman–Crippen MR) is 79.3 cm³/mol. The number of nitrogens with zero attached hydrogens (tertiary/aromatic N) is 1. The van der Waals surface area contributed by atoms with Gasteiger partial charge in [-0.2, -0.15) is 0 Å². The van der Waals surface area contributed by atoms with Crippen LogP contribution in [0.4, 0.5) is 0 Å². The quantitative estimate of drug-likeness (QED) is 0.920. The summed E-state index contributed by atoms with van der Waals surface area (Å²) in [6.45, 7) is 2.98. The molecule has 1 aliphatic heterocycles. The predicted octanol–water partition coefficient (Wildman–Crippen LogP) is 3.08. The minimum absolute atomic E-state index is 0.0337. The van der Waals surface area contributed by atoms with Gasteiger partial charge in [0.15, 0.2) is 11.9 Å². The molecular formula is C14H15Cl2NO4. The van der Waals surface area contributed by atoms with Crippen molar-refractivity contribution < 1.29 is 19.4 Å². The Morgan fingerprint density at radius 3 is 2.48 bits per heavy atom. The molecule has 1 unspecified atom stereocenters. The monoisotopic (exact) mass is 331 g/mol. The maximum absolute atomic E-state index is 12.2. The van der Waals surface area contributed by atoms with Gasteiger partial charge < -0.3 is 14.7 Å². The molecule has 1 atom stereocenters. The van der Waals surface area contributed by atoms with Crippen molar-refractivity contribution in [2.75, 3.05) is 13.1 Å². The van der Waals surface area contributed by atoms with Crippen LogP contribution in [0.25, 0.3) is 0 Å². The fourth-order valence-corrected chi connectivity index (χ4v) is 2.80. The molecule has 114 valence electrons. The molecule has 0 radical (unpaired) electrons. The van der Waals surface area contributed by atoms with Crippen LogP contribution in [0.15, 0.2) is 12.1 Å². The van der Waals surface area contributed by atoms with Crippen LogP contribution in [0, 0.1) is 0 Å². The van der Waals surface area contributed by atoms with Crippen LogP contribution in [0.1, 0.15) is 30.1 Å². The number of rotatable bonds is 4. The zero-order valence-corrected chi connectivity index (χ0v) is 12.9. The highest BCUT2D eigenvalue weighted by Gasteiger charge is 2.27. The van der Waals surface area contributed by atoms with Crippen LogP contribution in [-0.4, -0.2) is 41.1 Å². The van der Waals surface area contributed by atoms with Crippen LogP contribution in [-0.2, 0) is 4.79 Å². The summed E-state index contributed by atoms with van der Waals surface area (Å²) in [7, 11) is 0. The molecule has 1 heterocycles. The average Bonchev–Trinajstić information content (AvgIpc) is 2.94. The molecule has 1 saturated heterocycles. The molecular weight excluding hydrogens is 317 g/mol. The lowest BCUT2D eigenvalue weighted by Gasteiger charge is -2.22. The Labute approximate surface area is 132 Å². The second-order valence-electron chi connectivity index (χ2n) is 4.86. The van der Waals surface area contributed by atoms with E-state index >= 15 is 0 Å². The first-order chi connectivity index (χ1) is 9.90. The minimum atomic E-state index is -1.21. The molecule has 1 aliphatic rings. The van der Waals surface area contributed by atoms with Gasteiger partial charge in [0.2, 0.25) is 0 Å². The summed E-state index contributed by atoms with van der Waals surface area (Å²) >= 11 is 11.8. The SMILES string of the molecule is CC(Oc1c(Cl)cc(Cl)cc1C(=O)O)C(=O)N1CCCC1. The van der Waals surface area contributed by atoms with Gasteiger partial charge in [0.25, 0.3) is 5.91 Å². The van der Waals surface area contributed by atoms with Crippen molar-refractivity contribution in [3.05, 3.63) is 27.7 Å². The lowest BCUT2D eigenvalue weighted by atomic mass is 10.2. The second-order valence-corrected chi connectivity index (χ2v) is 5.71. The van der Waals surface area contributed by atoms with Crippen molar-refractivity contribution in [1.82, 2.24) is 4.90 Å². The van der Waals surface area contributed by atoms with E-state index in [2.05, 4.69) is 0 Å². The molecule has 0 bridgehead atoms. The van der Waals surface area contributed by atoms with Gasteiger partial charge in [-0.05, 0) is 31.9 Å². The normalized spacial score (nSPS) is 15.9. The largest absolute Gasteiger partial charge is 0.478 e. The number of aromatic carboxylic acids is 1. The molecule has 1 N–H and O–H groups in total. The van der Waals surface area contributed by atoms with E-state index in [4.69, 9.17) is 27.9 Å². The number of carboxylic acids is 1. The van der Waals surface area contributed by atoms with Gasteiger partial charge in [0.1, 0.15) is 5.56 Å². The van der Waals surface area contributed by atoms with Crippen LogP contribution < -0.4 is 4.74 Å². The number of benzene rings is 1. The molecule has 21 heavy (non-hydrogen) atoms. The summed E-state index contributed by atoms with van der Waals surface area (Å²) < 4.78 is 5.50. The molecule has 2 rings (SSSR count). The summed E-state index contributed by atoms with van der Waals surface area (Å²) in [6, 6.07) is 2.64. The van der Waals surface area contributed by atoms with Crippen molar-refractivity contribution in [2.24, 2.45) is 0 Å². The first kappa shape index (κ1) is 15.9. The van der Waals surface area contributed by atoms with Gasteiger partial charge in [-0.3, -0.25) is 4.79 Å². The van der Waals surface area contributed by atoms with E-state index in [9.17, 15) is 14.7 Å². The lowest BCUT2D eigenvalue weighted by molar-refractivity contribution is -0.136. The van der Waals surface area contributed by atoms with E-state index in [1.165, 1.54) is 12.1 Å². The van der Waals surface area contributed by atoms with Crippen LogP contribution in [0.3, 0.4) is 0 Å². The zero-order valence-electron chi connectivity index (χ0n) is 11.4. The van der Waals surface area contributed by atoms with Crippen molar-refractivity contribution in [3.8, 4) is 5.75 Å². The maximum atomic E-state index is 12.2. The van der Waals surface area contributed by atoms with E-state index < -0.39 is 12.1 Å². The number of carbonyl (C=O) groups is 2. The number of halogens is 2. The maximum Gasteiger partial charge on any atom is 0.339 e. The number of hydrogen-bond acceptors (Lipinski definition) is 3. The minimum Gasteiger partial charge on any atom is -0.478 e. The van der Waals surface area contributed by atoms with E-state index in [1.54, 1.807) is 11.8 Å². The summed E-state index contributed by atoms with van der Waals surface area (Å²) in [5.74, 6) is -1.42. The average molecular weight is 332 g/mol. The number of ether oxygens (including phenoxy) is 1. The van der Waals surface area contributed by atoms with Crippen LogP contribution >= 0.6 is 23.2 Å². The summed E-state index contributed by atoms with van der Waals surface area (Å²) in [5, 5.41) is 9.45. The molecule has 5 nitrogen and oxygen atoms in total. The Morgan fingerprint density at radius 2 is 1.90 bits per heavy atom. The Balaban J connectivity index is 2.22. The number of amides is 1. The van der Waals surface area contributed by atoms with Crippen LogP contribution in [0.5, 0.6) is 5.75 Å². The van der Waals surface area contributed by atoms with Gasteiger partial charge in [-0.15, -0.1) is 0 Å². The number of likely N-dealkylation sites (tertiary alicyclic amines) is 1. The van der Waals surface area contributed by atoms with Gasteiger partial charge in [0.05, 0.1) is 5.02 Å². The van der Waals surface area contributed by atoms with E-state index in [-0.39, 0.29) is 27.3 Å². The number of carboxylic acid groups (broad SMARTS) is 1. The fraction of sp³-hybridized carbons (Fsp3) is 0.429. The Morgan fingerprint density at radius 1 is 1.29 bits per heavy atom. The summed E-state index contributed by atoms with van der Waals surface area (Å²) in [4.78, 5) is 25.1. The van der Waals surface area contributed by atoms with Crippen molar-refractivity contribution in [1.29, 1.82) is 0 Å². The molecule has 1 fully saturated rings. The molecule has 1 aromatic carbocycles. The summed E-state index contributed by atoms with van der Waals surface area (Å²) in [6.07, 6.45) is 1.14. The Hall–Kier alpha value is -1.46. The standard InChI is InChI=1S/C14H15Cl2NO4/c1-8(13(18)17-4-2-3-5-17)21-12-10(14(19)20)6-9(15)7-11(12)16/h6-8H,2-5H2,1H3,(H,19,20). The lowest BCUT2D eigenvalue weighted by Crippen LogP contribution is -2.38. The highest BCUT2D eigenvalue weighted by Crippen LogP contribution is 2.33. The van der Waals surface area contributed by atoms with Gasteiger partial charge in [-0.1, -0.05) is 23.2 Å². The van der Waals surface area contributed by atoms with Gasteiger partial charge >= 0.3 is 5.97 Å². The molecule has 1 amide bonds. The molecule has 1 aromatic rings. The molecule has 0 saturated carbocycles. The van der Waals surface area contributed by atoms with E-state index in [1.807, 2.05) is 0 Å². The van der Waals surface area contributed by atoms with Crippen molar-refractivity contribution in [2.45, 2.75) is 25.9 Å². The number of hydrogen-bond donors (Lipinski definition) is 1. The fourth-order valence-electron chi connectivity index (χ4n) is 2.26. The molecule has 0 aliphatic carbocycles. The highest BCUT2D eigenvalue weighted by atomic mass is 35.5. The van der Waals surface area contributed by atoms with Gasteiger partial charge in [-0.25, -0.2) is 4.79 Å². The smallest absolute Gasteiger partial charge is 0.339 e. The Kier molecular flexibility index (Phi) is 4.96. The first-order valence-corrected chi connectivity index (χ1v) is 7.33. The Bertz CT molecular complexity index is 570. The summed E-state index contributed by atoms with van der Waals surface area (Å²) in [5.41, 5.74) is -0.159. The van der Waals surface area contributed by atoms with Crippen molar-refractivity contribution in [3.63, 3.8) is 0 Å². The zero-order chi connectivity index (χ0) is 15.6. The molecule has 0 aromatic heterocycles. The van der Waals surface area contributed by atoms with Crippen molar-refractivity contribution >= 4 is 35.1 Å². The van der Waals surface area contributed by atoms with E-state index in [0.29, 0.717) is 13.1 Å². The first-order valence-electron chi connectivity index (χ1n) is 6.58. The topological polar surface area (TPSA) is 66.8 Å². The third kappa shape index (κ3) is 3.60. The third-order valence-electron chi connectivity index (χ3n) is 3.30. The third-order valence-corrected chi connectivity index (χ3v) is 3.80. The highest BCUT2D eigenvalue weighted by molar-refractivity contribution is 6.36. The van der Waals surface area contributed by atoms with E-state index in [0.717, 1.165) is 12.8 Å². The van der Waals surface area contributed by atoms with Gasteiger partial charge in [0, 0.05) is 18.1 Å².